The molecule has 0 radical (unpaired) electrons. The van der Waals surface area contributed by atoms with Crippen LogP contribution in [0.25, 0.3) is 0 Å². The topological polar surface area (TPSA) is 26.0 Å². The number of hydrogen-bond acceptors (Lipinski definition) is 1. The van der Waals surface area contributed by atoms with E-state index in [1.807, 2.05) is 0 Å². The molecule has 5 atom stereocenters. The van der Waals surface area contributed by atoms with Crippen molar-refractivity contribution in [2.45, 2.75) is 149 Å². The summed E-state index contributed by atoms with van der Waals surface area (Å²) in [6, 6.07) is 0. The standard InChI is InChI=1S/C41H69N/c1-6-36(31-41(39-21-11-8-12-22-39)35(5)38-19-13-14-20-38)26-24-32(2)29-34(4)40(23-15-16-28-42)30-33(3)25-27-37-17-9-7-10-18-37/h6,13-14,19,24,34-37,39-41H,1,3,7-12,15-18,20-23,25-31,42H2,2,4-5H3/b32-24+/t34-,35-,36+,40-,41?/m1/s1. The van der Waals surface area contributed by atoms with E-state index in [2.05, 4.69) is 64.3 Å². The fourth-order valence-electron chi connectivity index (χ4n) is 8.69. The molecule has 0 aromatic heterocycles. The minimum absolute atomic E-state index is 0.583. The van der Waals surface area contributed by atoms with Gasteiger partial charge in [-0.1, -0.05) is 138 Å². The summed E-state index contributed by atoms with van der Waals surface area (Å²) in [6.07, 6.45) is 38.7. The van der Waals surface area contributed by atoms with Gasteiger partial charge in [-0.05, 0) is 113 Å². The zero-order valence-electron chi connectivity index (χ0n) is 28.3. The molecule has 0 saturated heterocycles. The van der Waals surface area contributed by atoms with E-state index in [4.69, 9.17) is 5.73 Å². The average molecular weight is 576 g/mol. The van der Waals surface area contributed by atoms with Gasteiger partial charge in [-0.2, -0.15) is 0 Å². The van der Waals surface area contributed by atoms with Crippen molar-refractivity contribution >= 4 is 0 Å². The summed E-state index contributed by atoms with van der Waals surface area (Å²) in [6.45, 7) is 17.2. The molecular formula is C41H69N. The van der Waals surface area contributed by atoms with Crippen molar-refractivity contribution in [3.63, 3.8) is 0 Å². The van der Waals surface area contributed by atoms with E-state index < -0.39 is 0 Å². The van der Waals surface area contributed by atoms with E-state index in [1.54, 1.807) is 11.1 Å². The summed E-state index contributed by atoms with van der Waals surface area (Å²) in [7, 11) is 0. The van der Waals surface area contributed by atoms with Crippen LogP contribution in [0.4, 0.5) is 0 Å². The normalized spacial score (nSPS) is 22.4. The van der Waals surface area contributed by atoms with Crippen molar-refractivity contribution < 1.29 is 0 Å². The molecule has 2 saturated carbocycles. The van der Waals surface area contributed by atoms with Crippen LogP contribution in [0.2, 0.25) is 0 Å². The van der Waals surface area contributed by atoms with E-state index >= 15 is 0 Å². The van der Waals surface area contributed by atoms with Crippen molar-refractivity contribution in [3.8, 4) is 0 Å². The molecule has 2 fully saturated rings. The highest BCUT2D eigenvalue weighted by molar-refractivity contribution is 5.25. The maximum Gasteiger partial charge on any atom is -0.00773 e. The molecule has 42 heavy (non-hydrogen) atoms. The Morgan fingerprint density at radius 1 is 1.00 bits per heavy atom. The minimum atomic E-state index is 0.583. The molecule has 0 aromatic rings. The van der Waals surface area contributed by atoms with Crippen molar-refractivity contribution in [3.05, 3.63) is 60.3 Å². The largest absolute Gasteiger partial charge is 0.330 e. The van der Waals surface area contributed by atoms with Gasteiger partial charge in [0.15, 0.2) is 0 Å². The average Bonchev–Trinajstić information content (AvgIpc) is 3.56. The molecule has 1 unspecified atom stereocenters. The number of hydrogen-bond donors (Lipinski definition) is 1. The molecule has 0 spiro atoms. The lowest BCUT2D eigenvalue weighted by atomic mass is 9.68. The maximum absolute atomic E-state index is 5.88. The first kappa shape index (κ1) is 35.1. The Hall–Kier alpha value is -1.34. The van der Waals surface area contributed by atoms with E-state index in [9.17, 15) is 0 Å². The number of rotatable bonds is 20. The first-order chi connectivity index (χ1) is 20.4. The smallest absolute Gasteiger partial charge is 0.00773 e. The Bertz CT molecular complexity index is 861. The van der Waals surface area contributed by atoms with E-state index in [-0.39, 0.29) is 0 Å². The van der Waals surface area contributed by atoms with Gasteiger partial charge in [-0.3, -0.25) is 0 Å². The Labute approximate surface area is 262 Å². The second kappa shape index (κ2) is 19.8. The predicted molar refractivity (Wildman–Crippen MR) is 187 cm³/mol. The highest BCUT2D eigenvalue weighted by Gasteiger charge is 2.31. The van der Waals surface area contributed by atoms with E-state index in [1.165, 1.54) is 121 Å². The molecule has 0 heterocycles. The predicted octanol–water partition coefficient (Wildman–Crippen LogP) is 12.3. The van der Waals surface area contributed by atoms with Crippen LogP contribution in [-0.4, -0.2) is 6.54 Å². The van der Waals surface area contributed by atoms with Gasteiger partial charge in [0.25, 0.3) is 0 Å². The molecule has 0 aromatic carbocycles. The summed E-state index contributed by atoms with van der Waals surface area (Å²) < 4.78 is 0. The zero-order valence-corrected chi connectivity index (χ0v) is 28.3. The second-order valence-corrected chi connectivity index (χ2v) is 15.0. The third-order valence-electron chi connectivity index (χ3n) is 11.6. The lowest BCUT2D eigenvalue weighted by molar-refractivity contribution is 0.177. The maximum atomic E-state index is 5.88. The van der Waals surface area contributed by atoms with E-state index in [0.29, 0.717) is 17.8 Å². The fraction of sp³-hybridized carbons (Fsp3) is 0.756. The first-order valence-corrected chi connectivity index (χ1v) is 18.4. The molecule has 238 valence electrons. The van der Waals surface area contributed by atoms with E-state index in [0.717, 1.165) is 43.1 Å². The molecule has 3 rings (SSSR count). The van der Waals surface area contributed by atoms with Gasteiger partial charge in [0.05, 0.1) is 0 Å². The lowest BCUT2D eigenvalue weighted by Crippen LogP contribution is -2.27. The van der Waals surface area contributed by atoms with Gasteiger partial charge in [0.2, 0.25) is 0 Å². The highest BCUT2D eigenvalue weighted by Crippen LogP contribution is 2.42. The molecule has 3 aliphatic carbocycles. The third-order valence-corrected chi connectivity index (χ3v) is 11.6. The SMILES string of the molecule is C=C[C@@H](C/C=C(\C)C[C@@H](C)[C@H](CCCCN)CC(=C)CCC1CCCCC1)CC(C1CCCCC1)[C@H](C)C1=CC=CC1. The van der Waals surface area contributed by atoms with Gasteiger partial charge in [0, 0.05) is 0 Å². The summed E-state index contributed by atoms with van der Waals surface area (Å²) in [5, 5.41) is 0. The molecule has 0 bridgehead atoms. The minimum Gasteiger partial charge on any atom is -0.330 e. The highest BCUT2D eigenvalue weighted by atomic mass is 14.5. The van der Waals surface area contributed by atoms with Gasteiger partial charge in [-0.25, -0.2) is 0 Å². The van der Waals surface area contributed by atoms with Crippen LogP contribution in [0.15, 0.2) is 60.3 Å². The Balaban J connectivity index is 1.54. The zero-order chi connectivity index (χ0) is 30.2. The number of unbranched alkanes of at least 4 members (excludes halogenated alkanes) is 1. The Morgan fingerprint density at radius 3 is 2.36 bits per heavy atom. The van der Waals surface area contributed by atoms with Crippen LogP contribution >= 0.6 is 0 Å². The monoisotopic (exact) mass is 576 g/mol. The van der Waals surface area contributed by atoms with Crippen molar-refractivity contribution in [1.82, 2.24) is 0 Å². The molecule has 3 aliphatic rings. The lowest BCUT2D eigenvalue weighted by Gasteiger charge is -2.37. The molecule has 1 heteroatoms. The summed E-state index contributed by atoms with van der Waals surface area (Å²) in [5.74, 6) is 5.35. The van der Waals surface area contributed by atoms with Crippen LogP contribution in [0, 0.1) is 41.4 Å². The molecular weight excluding hydrogens is 506 g/mol. The molecule has 0 amide bonds. The molecule has 0 aliphatic heterocycles. The summed E-state index contributed by atoms with van der Waals surface area (Å²) in [5.41, 5.74) is 10.6. The summed E-state index contributed by atoms with van der Waals surface area (Å²) >= 11 is 0. The fourth-order valence-corrected chi connectivity index (χ4v) is 8.69. The molecule has 1 nitrogen and oxygen atoms in total. The second-order valence-electron chi connectivity index (χ2n) is 15.0. The van der Waals surface area contributed by atoms with Gasteiger partial charge in [0.1, 0.15) is 0 Å². The Kier molecular flexibility index (Phi) is 16.6. The van der Waals surface area contributed by atoms with Crippen LogP contribution in [0.3, 0.4) is 0 Å². The number of nitrogens with two attached hydrogens (primary N) is 1. The quantitative estimate of drug-likeness (QED) is 0.113. The van der Waals surface area contributed by atoms with Crippen LogP contribution in [0.1, 0.15) is 149 Å². The van der Waals surface area contributed by atoms with Crippen LogP contribution in [0.5, 0.6) is 0 Å². The first-order valence-electron chi connectivity index (χ1n) is 18.4. The van der Waals surface area contributed by atoms with Crippen molar-refractivity contribution in [2.75, 3.05) is 6.54 Å². The van der Waals surface area contributed by atoms with Gasteiger partial charge in [-0.15, -0.1) is 6.58 Å². The summed E-state index contributed by atoms with van der Waals surface area (Å²) in [4.78, 5) is 0. The third kappa shape index (κ3) is 12.3. The Morgan fingerprint density at radius 2 is 1.71 bits per heavy atom. The number of allylic oxidation sites excluding steroid dienone is 8. The van der Waals surface area contributed by atoms with Gasteiger partial charge >= 0.3 is 0 Å². The molecule has 2 N–H and O–H groups in total. The van der Waals surface area contributed by atoms with Crippen LogP contribution in [-0.2, 0) is 0 Å². The van der Waals surface area contributed by atoms with Crippen LogP contribution < -0.4 is 5.73 Å². The van der Waals surface area contributed by atoms with Gasteiger partial charge < -0.3 is 5.73 Å². The van der Waals surface area contributed by atoms with Crippen molar-refractivity contribution in [1.29, 1.82) is 0 Å². The van der Waals surface area contributed by atoms with Crippen molar-refractivity contribution in [2.24, 2.45) is 47.2 Å².